The number of anilines is 6. The van der Waals surface area contributed by atoms with E-state index in [-0.39, 0.29) is 10.8 Å². The minimum atomic E-state index is -0.223. The number of thiophene rings is 1. The van der Waals surface area contributed by atoms with E-state index in [0.717, 1.165) is 78.0 Å². The maximum absolute atomic E-state index is 6.25. The van der Waals surface area contributed by atoms with E-state index in [0.29, 0.717) is 0 Å². The highest BCUT2D eigenvalue weighted by Gasteiger charge is 2.48. The van der Waals surface area contributed by atoms with Crippen LogP contribution in [0.2, 0.25) is 0 Å². The fraction of sp³-hybridized carbons (Fsp3) is 0.103. The van der Waals surface area contributed by atoms with E-state index < -0.39 is 0 Å². The number of hydrogen-bond acceptors (Lipinski definition) is 5. The standard InChI is InChI=1S/C58H42N2O2S/c1-57(2)47-33-39(59(35-15-7-5-8-16-35)37-25-29-51-45(31-37)41-19-11-13-21-49(41)61-51)23-27-43(47)55-53(57)54-56(63-55)44-28-24-40(34-48(44)58(54,3)4)60(36-17-9-6-10-18-36)38-26-30-52-46(32-38)42-20-12-14-22-50(42)62-52/h5-34H,1-4H3. The molecule has 0 spiro atoms. The Bertz CT molecular complexity index is 3410. The summed E-state index contributed by atoms with van der Waals surface area (Å²) in [7, 11) is 0. The number of benzene rings is 8. The summed E-state index contributed by atoms with van der Waals surface area (Å²) >= 11 is 1.97. The summed E-state index contributed by atoms with van der Waals surface area (Å²) in [6.07, 6.45) is 0. The molecule has 0 fully saturated rings. The molecule has 3 aromatic heterocycles. The van der Waals surface area contributed by atoms with Crippen molar-refractivity contribution in [2.24, 2.45) is 0 Å². The van der Waals surface area contributed by atoms with Crippen molar-refractivity contribution < 1.29 is 8.83 Å². The van der Waals surface area contributed by atoms with Crippen molar-refractivity contribution in [2.75, 3.05) is 9.80 Å². The quantitative estimate of drug-likeness (QED) is 0.167. The molecule has 11 aromatic rings. The zero-order chi connectivity index (χ0) is 42.2. The summed E-state index contributed by atoms with van der Waals surface area (Å²) in [5.74, 6) is 0. The Balaban J connectivity index is 0.912. The van der Waals surface area contributed by atoms with Crippen molar-refractivity contribution in [2.45, 2.75) is 38.5 Å². The second-order valence-corrected chi connectivity index (χ2v) is 19.1. The van der Waals surface area contributed by atoms with Crippen LogP contribution in [0.15, 0.2) is 191 Å². The molecule has 0 N–H and O–H groups in total. The normalized spacial score (nSPS) is 14.3. The molecule has 4 nitrogen and oxygen atoms in total. The van der Waals surface area contributed by atoms with Crippen LogP contribution in [-0.4, -0.2) is 0 Å². The topological polar surface area (TPSA) is 32.8 Å². The number of hydrogen-bond donors (Lipinski definition) is 0. The smallest absolute Gasteiger partial charge is 0.135 e. The average molecular weight is 831 g/mol. The number of furan rings is 2. The predicted octanol–water partition coefficient (Wildman–Crippen LogP) is 17.1. The van der Waals surface area contributed by atoms with Gasteiger partial charge in [0.05, 0.1) is 0 Å². The third-order valence-corrected chi connectivity index (χ3v) is 15.0. The van der Waals surface area contributed by atoms with Gasteiger partial charge in [-0.25, -0.2) is 0 Å². The Kier molecular flexibility index (Phi) is 7.55. The number of fused-ring (bicyclic) bond motifs is 13. The Morgan fingerprint density at radius 1 is 0.349 bits per heavy atom. The van der Waals surface area contributed by atoms with E-state index in [9.17, 15) is 0 Å². The van der Waals surface area contributed by atoms with Gasteiger partial charge >= 0.3 is 0 Å². The Labute approximate surface area is 369 Å². The molecular formula is C58H42N2O2S. The van der Waals surface area contributed by atoms with Crippen LogP contribution in [0.1, 0.15) is 49.9 Å². The van der Waals surface area contributed by atoms with Gasteiger partial charge in [0.2, 0.25) is 0 Å². The molecule has 0 saturated carbocycles. The molecule has 302 valence electrons. The van der Waals surface area contributed by atoms with Gasteiger partial charge in [0.15, 0.2) is 0 Å². The number of nitrogens with zero attached hydrogens (tertiary/aromatic N) is 2. The van der Waals surface area contributed by atoms with Gasteiger partial charge in [-0.2, -0.15) is 0 Å². The fourth-order valence-electron chi connectivity index (χ4n) is 10.8. The van der Waals surface area contributed by atoms with Gasteiger partial charge in [-0.05, 0) is 130 Å². The van der Waals surface area contributed by atoms with E-state index in [1.165, 1.54) is 43.1 Å². The lowest BCUT2D eigenvalue weighted by Gasteiger charge is -2.31. The van der Waals surface area contributed by atoms with Crippen LogP contribution < -0.4 is 9.80 Å². The second-order valence-electron chi connectivity index (χ2n) is 18.1. The SMILES string of the molecule is CC1(C)c2cc(N(c3ccccc3)c3ccc4oc5ccccc5c4c3)ccc2-c2sc3c(c21)C(C)(C)c1cc(N(c2ccccc2)c2ccc4oc5ccccc5c4c2)ccc1-3. The summed E-state index contributed by atoms with van der Waals surface area (Å²) in [6, 6.07) is 65.5. The molecular weight excluding hydrogens is 789 g/mol. The molecule has 8 aromatic carbocycles. The van der Waals surface area contributed by atoms with Crippen molar-refractivity contribution in [1.82, 2.24) is 0 Å². The number of rotatable bonds is 6. The zero-order valence-electron chi connectivity index (χ0n) is 35.4. The third kappa shape index (κ3) is 5.20. The first kappa shape index (κ1) is 36.3. The molecule has 2 aliphatic carbocycles. The second kappa shape index (κ2) is 13.1. The molecule has 2 aliphatic rings. The summed E-state index contributed by atoms with van der Waals surface area (Å²) in [5.41, 5.74) is 18.2. The monoisotopic (exact) mass is 830 g/mol. The first-order valence-electron chi connectivity index (χ1n) is 21.7. The highest BCUT2D eigenvalue weighted by Crippen LogP contribution is 2.64. The zero-order valence-corrected chi connectivity index (χ0v) is 36.3. The molecule has 0 saturated heterocycles. The van der Waals surface area contributed by atoms with Gasteiger partial charge in [-0.1, -0.05) is 113 Å². The molecule has 0 atom stereocenters. The van der Waals surface area contributed by atoms with E-state index >= 15 is 0 Å². The van der Waals surface area contributed by atoms with Gasteiger partial charge in [0.25, 0.3) is 0 Å². The van der Waals surface area contributed by atoms with Gasteiger partial charge in [0, 0.05) is 76.3 Å². The van der Waals surface area contributed by atoms with Crippen LogP contribution in [0.25, 0.3) is 64.8 Å². The lowest BCUT2D eigenvalue weighted by Crippen LogP contribution is -2.23. The van der Waals surface area contributed by atoms with E-state index in [4.69, 9.17) is 8.83 Å². The average Bonchev–Trinajstić information content (AvgIpc) is 4.09. The Morgan fingerprint density at radius 3 is 1.16 bits per heavy atom. The molecule has 13 rings (SSSR count). The third-order valence-electron chi connectivity index (χ3n) is 13.8. The van der Waals surface area contributed by atoms with Crippen LogP contribution >= 0.6 is 11.3 Å². The van der Waals surface area contributed by atoms with Crippen LogP contribution in [-0.2, 0) is 10.8 Å². The Morgan fingerprint density at radius 2 is 0.714 bits per heavy atom. The van der Waals surface area contributed by atoms with Crippen LogP contribution in [0.5, 0.6) is 0 Å². The molecule has 0 bridgehead atoms. The van der Waals surface area contributed by atoms with Gasteiger partial charge in [-0.15, -0.1) is 11.3 Å². The first-order valence-corrected chi connectivity index (χ1v) is 22.6. The largest absolute Gasteiger partial charge is 0.456 e. The lowest BCUT2D eigenvalue weighted by molar-refractivity contribution is 0.603. The van der Waals surface area contributed by atoms with Gasteiger partial charge in [-0.3, -0.25) is 0 Å². The molecule has 3 heterocycles. The fourth-order valence-corrected chi connectivity index (χ4v) is 12.5. The predicted molar refractivity (Wildman–Crippen MR) is 263 cm³/mol. The Hall–Kier alpha value is -7.34. The van der Waals surface area contributed by atoms with Crippen LogP contribution in [0, 0.1) is 0 Å². The van der Waals surface area contributed by atoms with E-state index in [1.807, 2.05) is 35.6 Å². The van der Waals surface area contributed by atoms with Crippen molar-refractivity contribution in [1.29, 1.82) is 0 Å². The molecule has 0 radical (unpaired) electrons. The summed E-state index contributed by atoms with van der Waals surface area (Å²) in [5, 5.41) is 4.49. The van der Waals surface area contributed by atoms with Crippen molar-refractivity contribution >= 4 is 89.3 Å². The molecule has 0 unspecified atom stereocenters. The summed E-state index contributed by atoms with van der Waals surface area (Å²) < 4.78 is 12.5. The summed E-state index contributed by atoms with van der Waals surface area (Å²) in [4.78, 5) is 7.58. The van der Waals surface area contributed by atoms with Crippen LogP contribution in [0.3, 0.4) is 0 Å². The van der Waals surface area contributed by atoms with Gasteiger partial charge < -0.3 is 18.6 Å². The minimum absolute atomic E-state index is 0.223. The van der Waals surface area contributed by atoms with Crippen molar-refractivity contribution in [3.05, 3.63) is 204 Å². The van der Waals surface area contributed by atoms with E-state index in [1.54, 1.807) is 0 Å². The van der Waals surface area contributed by atoms with Crippen molar-refractivity contribution in [3.8, 4) is 20.9 Å². The molecule has 0 amide bonds. The lowest BCUT2D eigenvalue weighted by atomic mass is 9.74. The van der Waals surface area contributed by atoms with Gasteiger partial charge in [0.1, 0.15) is 22.3 Å². The van der Waals surface area contributed by atoms with E-state index in [2.05, 4.69) is 195 Å². The maximum Gasteiger partial charge on any atom is 0.135 e. The molecule has 5 heteroatoms. The molecule has 0 aliphatic heterocycles. The molecule has 63 heavy (non-hydrogen) atoms. The highest BCUT2D eigenvalue weighted by molar-refractivity contribution is 7.19. The maximum atomic E-state index is 6.25. The summed E-state index contributed by atoms with van der Waals surface area (Å²) in [6.45, 7) is 9.73. The number of para-hydroxylation sites is 4. The van der Waals surface area contributed by atoms with Crippen LogP contribution in [0.4, 0.5) is 34.1 Å². The van der Waals surface area contributed by atoms with Crippen molar-refractivity contribution in [3.63, 3.8) is 0 Å². The minimum Gasteiger partial charge on any atom is -0.456 e. The first-order chi connectivity index (χ1) is 30.7. The highest BCUT2D eigenvalue weighted by atomic mass is 32.1.